The zero-order valence-electron chi connectivity index (χ0n) is 8.39. The first kappa shape index (κ1) is 10.7. The summed E-state index contributed by atoms with van der Waals surface area (Å²) < 4.78 is 0. The highest BCUT2D eigenvalue weighted by molar-refractivity contribution is 6.88. The molecule has 0 radical (unpaired) electrons. The molecule has 0 aliphatic rings. The zero-order chi connectivity index (χ0) is 8.91. The van der Waals surface area contributed by atoms with E-state index in [9.17, 15) is 0 Å². The lowest BCUT2D eigenvalue weighted by molar-refractivity contribution is 1.03. The van der Waals surface area contributed by atoms with E-state index in [1.807, 2.05) is 0 Å². The van der Waals surface area contributed by atoms with E-state index in [0.29, 0.717) is 0 Å². The second kappa shape index (κ2) is 4.55. The van der Waals surface area contributed by atoms with Crippen molar-refractivity contribution in [3.63, 3.8) is 0 Å². The van der Waals surface area contributed by atoms with E-state index < -0.39 is 8.07 Å². The molecule has 0 unspecified atom stereocenters. The zero-order valence-corrected chi connectivity index (χ0v) is 9.39. The largest absolute Gasteiger partial charge is 0.100 e. The van der Waals surface area contributed by atoms with Gasteiger partial charge in [-0.3, -0.25) is 0 Å². The molecule has 0 spiro atoms. The molecule has 0 atom stereocenters. The maximum Gasteiger partial charge on any atom is 0.100 e. The Morgan fingerprint density at radius 1 is 1.00 bits per heavy atom. The molecule has 0 amide bonds. The minimum absolute atomic E-state index is 0.801. The van der Waals surface area contributed by atoms with Gasteiger partial charge < -0.3 is 0 Å². The molecule has 0 aromatic heterocycles. The minimum atomic E-state index is -1.19. The first-order valence-electron chi connectivity index (χ1n) is 4.34. The molecule has 0 aromatic rings. The van der Waals surface area contributed by atoms with Gasteiger partial charge in [-0.2, -0.15) is 0 Å². The standard InChI is InChI=1S/C10H20Si/c1-6-8-11(5,9-7-2)10(3)4/h6-10H,1-5H3. The average molecular weight is 168 g/mol. The van der Waals surface area contributed by atoms with Gasteiger partial charge in [-0.15, -0.1) is 0 Å². The van der Waals surface area contributed by atoms with E-state index >= 15 is 0 Å². The van der Waals surface area contributed by atoms with E-state index in [1.165, 1.54) is 0 Å². The summed E-state index contributed by atoms with van der Waals surface area (Å²) in [5, 5.41) is 0. The lowest BCUT2D eigenvalue weighted by atomic mass is 10.6. The van der Waals surface area contributed by atoms with Crippen LogP contribution in [0.1, 0.15) is 27.7 Å². The number of allylic oxidation sites excluding steroid dienone is 2. The van der Waals surface area contributed by atoms with Crippen molar-refractivity contribution < 1.29 is 0 Å². The predicted octanol–water partition coefficient (Wildman–Crippen LogP) is 3.71. The van der Waals surface area contributed by atoms with Crippen LogP contribution in [-0.2, 0) is 0 Å². The van der Waals surface area contributed by atoms with Gasteiger partial charge in [-0.1, -0.05) is 43.9 Å². The number of hydrogen-bond donors (Lipinski definition) is 0. The summed E-state index contributed by atoms with van der Waals surface area (Å²) in [6, 6.07) is 0. The molecule has 0 aliphatic carbocycles. The maximum atomic E-state index is 2.40. The third kappa shape index (κ3) is 3.06. The Morgan fingerprint density at radius 3 is 1.55 bits per heavy atom. The molecule has 0 aromatic carbocycles. The van der Waals surface area contributed by atoms with Gasteiger partial charge in [0, 0.05) is 0 Å². The molecular weight excluding hydrogens is 148 g/mol. The lowest BCUT2D eigenvalue weighted by Crippen LogP contribution is -2.29. The Morgan fingerprint density at radius 2 is 1.36 bits per heavy atom. The third-order valence-electron chi connectivity index (χ3n) is 2.30. The van der Waals surface area contributed by atoms with Crippen LogP contribution in [0.3, 0.4) is 0 Å². The number of hydrogen-bond acceptors (Lipinski definition) is 0. The SMILES string of the molecule is CC=C[Si](C)(C=CC)C(C)C. The molecule has 0 bridgehead atoms. The Balaban J connectivity index is 4.51. The van der Waals surface area contributed by atoms with E-state index in [-0.39, 0.29) is 0 Å². The normalized spacial score (nSPS) is 18.4. The Kier molecular flexibility index (Phi) is 4.42. The molecule has 0 fully saturated rings. The fraction of sp³-hybridized carbons (Fsp3) is 0.600. The summed E-state index contributed by atoms with van der Waals surface area (Å²) >= 11 is 0. The van der Waals surface area contributed by atoms with Gasteiger partial charge in [0.2, 0.25) is 0 Å². The highest BCUT2D eigenvalue weighted by Crippen LogP contribution is 2.23. The molecule has 1 heteroatoms. The smallest absolute Gasteiger partial charge is 0.0952 e. The average Bonchev–Trinajstić information content (AvgIpc) is 1.88. The molecule has 0 aliphatic heterocycles. The van der Waals surface area contributed by atoms with Gasteiger partial charge >= 0.3 is 0 Å². The number of rotatable bonds is 3. The highest BCUT2D eigenvalue weighted by atomic mass is 28.3. The van der Waals surface area contributed by atoms with Gasteiger partial charge in [0.05, 0.1) is 0 Å². The van der Waals surface area contributed by atoms with Crippen LogP contribution in [0.15, 0.2) is 23.6 Å². The van der Waals surface area contributed by atoms with Crippen molar-refractivity contribution in [2.45, 2.75) is 39.8 Å². The van der Waals surface area contributed by atoms with Crippen molar-refractivity contribution in [1.82, 2.24) is 0 Å². The molecule has 64 valence electrons. The van der Waals surface area contributed by atoms with Gasteiger partial charge in [0.25, 0.3) is 0 Å². The van der Waals surface area contributed by atoms with Crippen LogP contribution in [0.4, 0.5) is 0 Å². The van der Waals surface area contributed by atoms with Gasteiger partial charge in [0.15, 0.2) is 0 Å². The van der Waals surface area contributed by atoms with Gasteiger partial charge in [-0.05, 0) is 19.4 Å². The van der Waals surface area contributed by atoms with Crippen molar-refractivity contribution >= 4 is 8.07 Å². The molecule has 0 saturated heterocycles. The molecule has 0 heterocycles. The summed E-state index contributed by atoms with van der Waals surface area (Å²) in [6.07, 6.45) is 4.37. The first-order valence-corrected chi connectivity index (χ1v) is 7.07. The van der Waals surface area contributed by atoms with Crippen molar-refractivity contribution in [2.24, 2.45) is 0 Å². The van der Waals surface area contributed by atoms with Crippen LogP contribution >= 0.6 is 0 Å². The lowest BCUT2D eigenvalue weighted by Gasteiger charge is -2.23. The second-order valence-corrected chi connectivity index (χ2v) is 8.07. The van der Waals surface area contributed by atoms with E-state index in [2.05, 4.69) is 57.8 Å². The van der Waals surface area contributed by atoms with E-state index in [1.54, 1.807) is 0 Å². The third-order valence-corrected chi connectivity index (χ3v) is 6.89. The van der Waals surface area contributed by atoms with Crippen LogP contribution < -0.4 is 0 Å². The Bertz CT molecular complexity index is 142. The fourth-order valence-electron chi connectivity index (χ4n) is 1.16. The van der Waals surface area contributed by atoms with Crippen LogP contribution in [0.25, 0.3) is 0 Å². The Hall–Kier alpha value is -0.303. The quantitative estimate of drug-likeness (QED) is 0.564. The monoisotopic (exact) mass is 168 g/mol. The molecule has 11 heavy (non-hydrogen) atoms. The topological polar surface area (TPSA) is 0 Å². The first-order chi connectivity index (χ1) is 5.06. The minimum Gasteiger partial charge on any atom is -0.0952 e. The predicted molar refractivity (Wildman–Crippen MR) is 56.3 cm³/mol. The van der Waals surface area contributed by atoms with Gasteiger partial charge in [0.1, 0.15) is 8.07 Å². The second-order valence-electron chi connectivity index (χ2n) is 3.52. The molecule has 0 saturated carbocycles. The van der Waals surface area contributed by atoms with Crippen LogP contribution in [0.2, 0.25) is 12.1 Å². The summed E-state index contributed by atoms with van der Waals surface area (Å²) in [4.78, 5) is 0. The molecule has 0 N–H and O–H groups in total. The van der Waals surface area contributed by atoms with Gasteiger partial charge in [-0.25, -0.2) is 0 Å². The summed E-state index contributed by atoms with van der Waals surface area (Å²) in [5.41, 5.74) is 5.60. The van der Waals surface area contributed by atoms with Crippen molar-refractivity contribution in [3.8, 4) is 0 Å². The van der Waals surface area contributed by atoms with Crippen LogP contribution in [0, 0.1) is 0 Å². The molecule has 0 rings (SSSR count). The van der Waals surface area contributed by atoms with Crippen molar-refractivity contribution in [3.05, 3.63) is 23.6 Å². The van der Waals surface area contributed by atoms with Crippen LogP contribution in [-0.4, -0.2) is 8.07 Å². The summed E-state index contributed by atoms with van der Waals surface area (Å²) in [6.45, 7) is 11.2. The molecular formula is C10H20Si. The fourth-order valence-corrected chi connectivity index (χ4v) is 3.48. The molecule has 0 nitrogen and oxygen atoms in total. The Labute approximate surface area is 72.0 Å². The maximum absolute atomic E-state index is 2.40. The van der Waals surface area contributed by atoms with E-state index in [0.717, 1.165) is 5.54 Å². The summed E-state index contributed by atoms with van der Waals surface area (Å²) in [5.74, 6) is 0. The van der Waals surface area contributed by atoms with Crippen molar-refractivity contribution in [2.75, 3.05) is 0 Å². The van der Waals surface area contributed by atoms with E-state index in [4.69, 9.17) is 0 Å². The summed E-state index contributed by atoms with van der Waals surface area (Å²) in [7, 11) is -1.19. The highest BCUT2D eigenvalue weighted by Gasteiger charge is 2.23. The van der Waals surface area contributed by atoms with Crippen molar-refractivity contribution in [1.29, 1.82) is 0 Å². The van der Waals surface area contributed by atoms with Crippen LogP contribution in [0.5, 0.6) is 0 Å².